The molecule has 0 saturated carbocycles. The number of hydrogen-bond acceptors (Lipinski definition) is 4. The van der Waals surface area contributed by atoms with Gasteiger partial charge in [0.2, 0.25) is 0 Å². The Hall–Kier alpha value is -2.14. The molecule has 0 bridgehead atoms. The number of carbonyl (C=O) groups is 1. The molecule has 5 nitrogen and oxygen atoms in total. The number of fused-ring (bicyclic) bond motifs is 1. The number of likely N-dealkylation sites (N-methyl/N-ethyl adjacent to an activating group) is 1. The predicted octanol–water partition coefficient (Wildman–Crippen LogP) is 2.44. The van der Waals surface area contributed by atoms with Gasteiger partial charge in [-0.2, -0.15) is 0 Å². The lowest BCUT2D eigenvalue weighted by atomic mass is 10.1. The van der Waals surface area contributed by atoms with E-state index in [1.165, 1.54) is 6.20 Å². The van der Waals surface area contributed by atoms with E-state index in [1.807, 2.05) is 32.0 Å². The number of pyridine rings is 1. The van der Waals surface area contributed by atoms with Crippen LogP contribution in [0.2, 0.25) is 0 Å². The maximum Gasteiger partial charge on any atom is 0.258 e. The van der Waals surface area contributed by atoms with Gasteiger partial charge in [-0.3, -0.25) is 9.78 Å². The minimum atomic E-state index is -0.201. The van der Waals surface area contributed by atoms with Crippen LogP contribution in [0.15, 0.2) is 30.5 Å². The number of amides is 1. The van der Waals surface area contributed by atoms with Crippen LogP contribution in [0.3, 0.4) is 0 Å². The summed E-state index contributed by atoms with van der Waals surface area (Å²) in [5, 5.41) is 10.7. The van der Waals surface area contributed by atoms with Gasteiger partial charge in [-0.15, -0.1) is 0 Å². The van der Waals surface area contributed by atoms with Gasteiger partial charge in [0.05, 0.1) is 23.9 Å². The lowest BCUT2D eigenvalue weighted by Crippen LogP contribution is -2.34. The SMILES string of the molecule is CCOCCN(CC)C(=O)c1c(O)cnc2ccccc12. The molecule has 0 unspecified atom stereocenters. The summed E-state index contributed by atoms with van der Waals surface area (Å²) in [4.78, 5) is 18.5. The van der Waals surface area contributed by atoms with Crippen molar-refractivity contribution in [3.8, 4) is 5.75 Å². The Balaban J connectivity index is 2.35. The molecule has 1 heterocycles. The normalized spacial score (nSPS) is 10.8. The van der Waals surface area contributed by atoms with Crippen LogP contribution in [0.1, 0.15) is 24.2 Å². The summed E-state index contributed by atoms with van der Waals surface area (Å²) in [7, 11) is 0. The molecule has 0 fully saturated rings. The van der Waals surface area contributed by atoms with Crippen LogP contribution < -0.4 is 0 Å². The molecule has 2 aromatic rings. The highest BCUT2D eigenvalue weighted by molar-refractivity contribution is 6.08. The van der Waals surface area contributed by atoms with Crippen LogP contribution in [0.5, 0.6) is 5.75 Å². The van der Waals surface area contributed by atoms with Gasteiger partial charge in [-0.1, -0.05) is 18.2 Å². The predicted molar refractivity (Wildman–Crippen MR) is 81.5 cm³/mol. The van der Waals surface area contributed by atoms with E-state index in [4.69, 9.17) is 4.74 Å². The van der Waals surface area contributed by atoms with E-state index >= 15 is 0 Å². The fourth-order valence-corrected chi connectivity index (χ4v) is 2.24. The molecule has 112 valence electrons. The summed E-state index contributed by atoms with van der Waals surface area (Å²) in [5.74, 6) is -0.290. The van der Waals surface area contributed by atoms with Crippen molar-refractivity contribution in [1.82, 2.24) is 9.88 Å². The second-order valence-corrected chi connectivity index (χ2v) is 4.62. The smallest absolute Gasteiger partial charge is 0.258 e. The van der Waals surface area contributed by atoms with E-state index in [0.29, 0.717) is 42.8 Å². The van der Waals surface area contributed by atoms with Crippen molar-refractivity contribution in [1.29, 1.82) is 0 Å². The largest absolute Gasteiger partial charge is 0.505 e. The van der Waals surface area contributed by atoms with Crippen molar-refractivity contribution in [2.75, 3.05) is 26.3 Å². The summed E-state index contributed by atoms with van der Waals surface area (Å²) in [6, 6.07) is 7.30. The van der Waals surface area contributed by atoms with E-state index in [0.717, 1.165) is 0 Å². The van der Waals surface area contributed by atoms with Crippen LogP contribution >= 0.6 is 0 Å². The summed E-state index contributed by atoms with van der Waals surface area (Å²) in [6.45, 7) is 5.99. The highest BCUT2D eigenvalue weighted by atomic mass is 16.5. The third-order valence-corrected chi connectivity index (χ3v) is 3.35. The molecule has 1 amide bonds. The van der Waals surface area contributed by atoms with Crippen LogP contribution in [0, 0.1) is 0 Å². The van der Waals surface area contributed by atoms with Crippen molar-refractivity contribution in [2.45, 2.75) is 13.8 Å². The number of aromatic hydroxyl groups is 1. The number of benzene rings is 1. The lowest BCUT2D eigenvalue weighted by molar-refractivity contribution is 0.0668. The van der Waals surface area contributed by atoms with Crippen LogP contribution in [-0.4, -0.2) is 47.2 Å². The molecule has 0 aliphatic rings. The van der Waals surface area contributed by atoms with Crippen molar-refractivity contribution in [3.05, 3.63) is 36.0 Å². The Labute approximate surface area is 124 Å². The Morgan fingerprint density at radius 3 is 2.81 bits per heavy atom. The lowest BCUT2D eigenvalue weighted by Gasteiger charge is -2.22. The van der Waals surface area contributed by atoms with Crippen molar-refractivity contribution in [3.63, 3.8) is 0 Å². The van der Waals surface area contributed by atoms with E-state index < -0.39 is 0 Å². The van der Waals surface area contributed by atoms with Gasteiger partial charge in [0.15, 0.2) is 0 Å². The molecule has 0 spiro atoms. The summed E-state index contributed by atoms with van der Waals surface area (Å²) in [6.07, 6.45) is 1.33. The molecule has 0 atom stereocenters. The zero-order valence-electron chi connectivity index (χ0n) is 12.4. The topological polar surface area (TPSA) is 62.7 Å². The number of aromatic nitrogens is 1. The fourth-order valence-electron chi connectivity index (χ4n) is 2.24. The first-order chi connectivity index (χ1) is 10.2. The Bertz CT molecular complexity index is 628. The number of carbonyl (C=O) groups excluding carboxylic acids is 1. The van der Waals surface area contributed by atoms with Crippen molar-refractivity contribution < 1.29 is 14.6 Å². The average Bonchev–Trinajstić information content (AvgIpc) is 2.51. The number of ether oxygens (including phenoxy) is 1. The molecular weight excluding hydrogens is 268 g/mol. The average molecular weight is 288 g/mol. The van der Waals surface area contributed by atoms with E-state index in [-0.39, 0.29) is 11.7 Å². The molecule has 1 aromatic heterocycles. The zero-order chi connectivity index (χ0) is 15.2. The fraction of sp³-hybridized carbons (Fsp3) is 0.375. The van der Waals surface area contributed by atoms with Gasteiger partial charge in [0.1, 0.15) is 5.75 Å². The molecule has 0 radical (unpaired) electrons. The molecule has 1 N–H and O–H groups in total. The number of nitrogens with zero attached hydrogens (tertiary/aromatic N) is 2. The third kappa shape index (κ3) is 3.31. The second-order valence-electron chi connectivity index (χ2n) is 4.62. The standard InChI is InChI=1S/C16H20N2O3/c1-3-18(9-10-21-4-2)16(20)15-12-7-5-6-8-13(12)17-11-14(15)19/h5-8,11,19H,3-4,9-10H2,1-2H3. The van der Waals surface area contributed by atoms with E-state index in [1.54, 1.807) is 11.0 Å². The zero-order valence-corrected chi connectivity index (χ0v) is 12.4. The van der Waals surface area contributed by atoms with Gasteiger partial charge < -0.3 is 14.7 Å². The first kappa shape index (κ1) is 15.3. The molecule has 1 aromatic carbocycles. The monoisotopic (exact) mass is 288 g/mol. The maximum absolute atomic E-state index is 12.7. The van der Waals surface area contributed by atoms with Gasteiger partial charge in [-0.05, 0) is 19.9 Å². The van der Waals surface area contributed by atoms with Crippen LogP contribution in [0.4, 0.5) is 0 Å². The first-order valence-electron chi connectivity index (χ1n) is 7.12. The van der Waals surface area contributed by atoms with Gasteiger partial charge in [-0.25, -0.2) is 0 Å². The second kappa shape index (κ2) is 7.04. The highest BCUT2D eigenvalue weighted by Gasteiger charge is 2.20. The maximum atomic E-state index is 12.7. The summed E-state index contributed by atoms with van der Waals surface area (Å²) in [5.41, 5.74) is 0.999. The quantitative estimate of drug-likeness (QED) is 0.829. The Kier molecular flexibility index (Phi) is 5.11. The molecule has 0 saturated heterocycles. The number of hydrogen-bond donors (Lipinski definition) is 1. The van der Waals surface area contributed by atoms with Crippen molar-refractivity contribution >= 4 is 16.8 Å². The summed E-state index contributed by atoms with van der Waals surface area (Å²) < 4.78 is 5.30. The van der Waals surface area contributed by atoms with Crippen LogP contribution in [0.25, 0.3) is 10.9 Å². The number of rotatable bonds is 6. The van der Waals surface area contributed by atoms with Crippen LogP contribution in [-0.2, 0) is 4.74 Å². The van der Waals surface area contributed by atoms with Gasteiger partial charge >= 0.3 is 0 Å². The molecule has 21 heavy (non-hydrogen) atoms. The van der Waals surface area contributed by atoms with Gasteiger partial charge in [0, 0.05) is 25.1 Å². The third-order valence-electron chi connectivity index (χ3n) is 3.35. The molecule has 0 aliphatic heterocycles. The van der Waals surface area contributed by atoms with E-state index in [2.05, 4.69) is 4.98 Å². The molecule has 5 heteroatoms. The molecule has 2 rings (SSSR count). The molecular formula is C16H20N2O3. The summed E-state index contributed by atoms with van der Waals surface area (Å²) >= 11 is 0. The highest BCUT2D eigenvalue weighted by Crippen LogP contribution is 2.26. The Morgan fingerprint density at radius 1 is 1.33 bits per heavy atom. The molecule has 0 aliphatic carbocycles. The van der Waals surface area contributed by atoms with Crippen molar-refractivity contribution in [2.24, 2.45) is 0 Å². The number of para-hydroxylation sites is 1. The minimum Gasteiger partial charge on any atom is -0.505 e. The first-order valence-corrected chi connectivity index (χ1v) is 7.12. The van der Waals surface area contributed by atoms with E-state index in [9.17, 15) is 9.90 Å². The van der Waals surface area contributed by atoms with Gasteiger partial charge in [0.25, 0.3) is 5.91 Å². The Morgan fingerprint density at radius 2 is 2.10 bits per heavy atom. The minimum absolute atomic E-state index is 0.0893.